The highest BCUT2D eigenvalue weighted by Gasteiger charge is 2.31. The van der Waals surface area contributed by atoms with Crippen LogP contribution in [0, 0.1) is 0 Å². The first kappa shape index (κ1) is 14.0. The van der Waals surface area contributed by atoms with Crippen molar-refractivity contribution in [1.82, 2.24) is 0 Å². The third-order valence-corrected chi connectivity index (χ3v) is 8.89. The summed E-state index contributed by atoms with van der Waals surface area (Å²) in [4.78, 5) is 0. The molecule has 11 aromatic rings. The van der Waals surface area contributed by atoms with Gasteiger partial charge in [-0.25, -0.2) is 0 Å². The normalized spacial score (nSPS) is 14.2. The molecule has 0 amide bonds. The maximum absolute atomic E-state index is 2.48. The highest BCUT2D eigenvalue weighted by molar-refractivity contribution is 6.61. The van der Waals surface area contributed by atoms with Crippen LogP contribution in [-0.4, -0.2) is 0 Å². The topological polar surface area (TPSA) is 0 Å². The summed E-state index contributed by atoms with van der Waals surface area (Å²) in [7, 11) is 0. The third kappa shape index (κ3) is 1.07. The van der Waals surface area contributed by atoms with Crippen molar-refractivity contribution < 1.29 is 0 Å². The molecule has 0 atom stereocenters. The lowest BCUT2D eigenvalue weighted by Crippen LogP contribution is -1.82. The summed E-state index contributed by atoms with van der Waals surface area (Å²) in [6, 6.07) is 28.2. The van der Waals surface area contributed by atoms with Crippen molar-refractivity contribution in [2.45, 2.75) is 0 Å². The second-order valence-corrected chi connectivity index (χ2v) is 9.98. The monoisotopic (exact) mass is 396 g/mol. The van der Waals surface area contributed by atoms with Crippen LogP contribution in [0.2, 0.25) is 0 Å². The van der Waals surface area contributed by atoms with Crippen LogP contribution < -0.4 is 0 Å². The van der Waals surface area contributed by atoms with E-state index in [9.17, 15) is 0 Å². The van der Waals surface area contributed by atoms with Crippen molar-refractivity contribution >= 4 is 108 Å². The molecule has 11 rings (SSSR count). The van der Waals surface area contributed by atoms with Crippen molar-refractivity contribution in [3.05, 3.63) is 72.8 Å². The molecule has 0 heterocycles. The average molecular weight is 396 g/mol. The molecule has 0 heteroatoms. The second kappa shape index (κ2) is 3.89. The van der Waals surface area contributed by atoms with E-state index in [1.54, 1.807) is 0 Å². The second-order valence-electron chi connectivity index (χ2n) is 9.98. The zero-order valence-corrected chi connectivity index (χ0v) is 16.9. The SMILES string of the molecule is c1cc2c3cccc4c5cc6ccc7ccc8cc9c(c1)c2c1c9c2c8c7c6c2c5c1c34. The number of benzene rings is 8. The zero-order valence-electron chi connectivity index (χ0n) is 16.9. The molecule has 11 aromatic carbocycles. The Balaban J connectivity index is 1.80. The van der Waals surface area contributed by atoms with E-state index in [2.05, 4.69) is 72.8 Å². The fourth-order valence-electron chi connectivity index (χ4n) is 7.94. The standard InChI is InChI=1S/C32H12/c1-3-16-17-4-2-6-19-21-12-15-10-8-13-7-9-14-11-20-18(5-1)25(16)31-27(20)29-23(14)22(13)24(15)30(29)28(21)32(31)26(17)19/h1-12H. The number of hydrogen-bond donors (Lipinski definition) is 0. The van der Waals surface area contributed by atoms with E-state index < -0.39 is 0 Å². The minimum atomic E-state index is 1.37. The lowest BCUT2D eigenvalue weighted by atomic mass is 9.91. The molecule has 0 aliphatic heterocycles. The van der Waals surface area contributed by atoms with E-state index >= 15 is 0 Å². The van der Waals surface area contributed by atoms with Gasteiger partial charge < -0.3 is 0 Å². The van der Waals surface area contributed by atoms with Gasteiger partial charge in [0.25, 0.3) is 0 Å². The van der Waals surface area contributed by atoms with Gasteiger partial charge in [-0.05, 0) is 120 Å². The van der Waals surface area contributed by atoms with Crippen molar-refractivity contribution in [3.8, 4) is 0 Å². The molecule has 0 saturated carbocycles. The van der Waals surface area contributed by atoms with Crippen LogP contribution in [0.3, 0.4) is 0 Å². The summed E-state index contributed by atoms with van der Waals surface area (Å²) < 4.78 is 0. The van der Waals surface area contributed by atoms with Gasteiger partial charge in [0.2, 0.25) is 0 Å². The lowest BCUT2D eigenvalue weighted by molar-refractivity contribution is 1.88. The Hall–Kier alpha value is -4.16. The lowest BCUT2D eigenvalue weighted by Gasteiger charge is -2.11. The van der Waals surface area contributed by atoms with Crippen LogP contribution in [-0.2, 0) is 0 Å². The first-order valence-electron chi connectivity index (χ1n) is 11.5. The Morgan fingerprint density at radius 2 is 0.625 bits per heavy atom. The van der Waals surface area contributed by atoms with Crippen LogP contribution in [0.4, 0.5) is 0 Å². The fourth-order valence-corrected chi connectivity index (χ4v) is 7.94. The number of fused-ring (bicyclic) bond motifs is 3. The van der Waals surface area contributed by atoms with Crippen LogP contribution in [0.15, 0.2) is 72.8 Å². The van der Waals surface area contributed by atoms with Crippen molar-refractivity contribution in [2.75, 3.05) is 0 Å². The molecule has 0 spiro atoms. The minimum Gasteiger partial charge on any atom is -0.0610 e. The highest BCUT2D eigenvalue weighted by Crippen LogP contribution is 2.60. The first-order chi connectivity index (χ1) is 15.9. The van der Waals surface area contributed by atoms with Gasteiger partial charge in [-0.15, -0.1) is 0 Å². The summed E-state index contributed by atoms with van der Waals surface area (Å²) in [6.45, 7) is 0. The van der Waals surface area contributed by atoms with E-state index in [1.807, 2.05) is 0 Å². The molecule has 0 unspecified atom stereocenters. The molecule has 0 bridgehead atoms. The van der Waals surface area contributed by atoms with Crippen LogP contribution in [0.25, 0.3) is 108 Å². The Labute approximate surface area is 180 Å². The Morgan fingerprint density at radius 1 is 0.250 bits per heavy atom. The molecule has 140 valence electrons. The molecular formula is C32H12. The molecule has 0 nitrogen and oxygen atoms in total. The van der Waals surface area contributed by atoms with E-state index in [1.165, 1.54) is 108 Å². The summed E-state index contributed by atoms with van der Waals surface area (Å²) >= 11 is 0. The van der Waals surface area contributed by atoms with E-state index in [-0.39, 0.29) is 0 Å². The van der Waals surface area contributed by atoms with Crippen LogP contribution in [0.5, 0.6) is 0 Å². The smallest absolute Gasteiger partial charge is 0.0000695 e. The van der Waals surface area contributed by atoms with Crippen molar-refractivity contribution in [2.24, 2.45) is 0 Å². The van der Waals surface area contributed by atoms with Crippen LogP contribution >= 0.6 is 0 Å². The number of rotatable bonds is 0. The van der Waals surface area contributed by atoms with Crippen LogP contribution in [0.1, 0.15) is 0 Å². The van der Waals surface area contributed by atoms with E-state index in [0.29, 0.717) is 0 Å². The first-order valence-corrected chi connectivity index (χ1v) is 11.5. The average Bonchev–Trinajstić information content (AvgIpc) is 3.47. The maximum Gasteiger partial charge on any atom is -0.0000695 e. The van der Waals surface area contributed by atoms with Crippen molar-refractivity contribution in [3.63, 3.8) is 0 Å². The van der Waals surface area contributed by atoms with E-state index in [0.717, 1.165) is 0 Å². The molecule has 0 aliphatic carbocycles. The summed E-state index contributed by atoms with van der Waals surface area (Å²) in [5, 5.41) is 29.1. The van der Waals surface area contributed by atoms with Gasteiger partial charge in [0.15, 0.2) is 0 Å². The van der Waals surface area contributed by atoms with Gasteiger partial charge in [0, 0.05) is 0 Å². The molecule has 0 N–H and O–H groups in total. The zero-order chi connectivity index (χ0) is 20.0. The van der Waals surface area contributed by atoms with Gasteiger partial charge in [-0.2, -0.15) is 0 Å². The highest BCUT2D eigenvalue weighted by atomic mass is 14.3. The van der Waals surface area contributed by atoms with Crippen molar-refractivity contribution in [1.29, 1.82) is 0 Å². The maximum atomic E-state index is 2.48. The molecule has 0 aromatic heterocycles. The molecular weight excluding hydrogens is 384 g/mol. The molecule has 32 heavy (non-hydrogen) atoms. The van der Waals surface area contributed by atoms with E-state index in [4.69, 9.17) is 0 Å². The Bertz CT molecular complexity index is 2320. The summed E-state index contributed by atoms with van der Waals surface area (Å²) in [6.07, 6.45) is 0. The Morgan fingerprint density at radius 3 is 1.12 bits per heavy atom. The molecule has 0 aliphatic rings. The van der Waals surface area contributed by atoms with Gasteiger partial charge in [0.05, 0.1) is 0 Å². The predicted molar refractivity (Wildman–Crippen MR) is 140 cm³/mol. The minimum absolute atomic E-state index is 1.37. The summed E-state index contributed by atoms with van der Waals surface area (Å²) in [5.41, 5.74) is 0. The van der Waals surface area contributed by atoms with Gasteiger partial charge >= 0.3 is 0 Å². The van der Waals surface area contributed by atoms with Gasteiger partial charge in [-0.3, -0.25) is 0 Å². The molecule has 0 fully saturated rings. The molecule has 0 saturated heterocycles. The third-order valence-electron chi connectivity index (χ3n) is 8.89. The quantitative estimate of drug-likeness (QED) is 0.224. The Kier molecular flexibility index (Phi) is 1.70. The van der Waals surface area contributed by atoms with Gasteiger partial charge in [-0.1, -0.05) is 60.7 Å². The summed E-state index contributed by atoms with van der Waals surface area (Å²) in [5.74, 6) is 0. The fraction of sp³-hybridized carbons (Fsp3) is 0. The number of hydrogen-bond acceptors (Lipinski definition) is 0. The predicted octanol–water partition coefficient (Wildman–Crippen LogP) is 9.28. The van der Waals surface area contributed by atoms with Gasteiger partial charge in [0.1, 0.15) is 0 Å². The molecule has 0 radical (unpaired) electrons. The largest absolute Gasteiger partial charge is 0.0610 e.